The van der Waals surface area contributed by atoms with Crippen molar-refractivity contribution < 1.29 is 28.5 Å². The number of allylic oxidation sites excluding steroid dienone is 2. The second-order valence-electron chi connectivity index (χ2n) is 11.9. The quantitative estimate of drug-likeness (QED) is 0.318. The van der Waals surface area contributed by atoms with Crippen LogP contribution in [0.5, 0.6) is 0 Å². The summed E-state index contributed by atoms with van der Waals surface area (Å²) in [5, 5.41) is 0. The highest BCUT2D eigenvalue weighted by Gasteiger charge is 2.56. The van der Waals surface area contributed by atoms with Crippen molar-refractivity contribution in [1.82, 2.24) is 0 Å². The summed E-state index contributed by atoms with van der Waals surface area (Å²) in [6.45, 7) is 19.7. The van der Waals surface area contributed by atoms with E-state index in [9.17, 15) is 9.59 Å². The number of hydrogen-bond donors (Lipinski definition) is 0. The van der Waals surface area contributed by atoms with E-state index in [1.54, 1.807) is 0 Å². The molecule has 0 N–H and O–H groups in total. The summed E-state index contributed by atoms with van der Waals surface area (Å²) in [6, 6.07) is 0. The number of hydrogen-bond acceptors (Lipinski definition) is 6. The van der Waals surface area contributed by atoms with E-state index >= 15 is 0 Å². The fraction of sp³-hybridized carbons (Fsp3) is 0.786. The van der Waals surface area contributed by atoms with E-state index in [4.69, 9.17) is 18.9 Å². The second-order valence-corrected chi connectivity index (χ2v) is 11.9. The van der Waals surface area contributed by atoms with Crippen molar-refractivity contribution in [2.75, 3.05) is 6.61 Å². The fourth-order valence-corrected chi connectivity index (χ4v) is 4.53. The molecule has 194 valence electrons. The van der Waals surface area contributed by atoms with Crippen molar-refractivity contribution in [1.29, 1.82) is 0 Å². The zero-order valence-electron chi connectivity index (χ0n) is 22.9. The minimum absolute atomic E-state index is 0.169. The standard InChI is InChI=1S/C28H46O6/c1-18(2)11-14-23-28(10,34-27(8,9)33-23)24-17-21(29)20(4)22(32-24)13-12-19(3)15-16-31-25(30)26(5,6)7/h11,15,20,22-24H,12-14,16-17H2,1-10H3/b19-15+/t20-,22+,23-,24+,28-/m0/s1. The highest BCUT2D eigenvalue weighted by molar-refractivity contribution is 5.82. The molecular weight excluding hydrogens is 432 g/mol. The summed E-state index contributed by atoms with van der Waals surface area (Å²) < 4.78 is 24.5. The van der Waals surface area contributed by atoms with Crippen LogP contribution in [0.25, 0.3) is 0 Å². The molecule has 0 amide bonds. The molecule has 0 saturated carbocycles. The molecule has 0 radical (unpaired) electrons. The van der Waals surface area contributed by atoms with E-state index < -0.39 is 16.8 Å². The van der Waals surface area contributed by atoms with E-state index in [1.807, 2.05) is 61.5 Å². The lowest BCUT2D eigenvalue weighted by Gasteiger charge is -2.43. The molecule has 2 aliphatic heterocycles. The van der Waals surface area contributed by atoms with E-state index in [2.05, 4.69) is 19.9 Å². The smallest absolute Gasteiger partial charge is 0.311 e. The lowest BCUT2D eigenvalue weighted by atomic mass is 9.81. The molecule has 34 heavy (non-hydrogen) atoms. The van der Waals surface area contributed by atoms with E-state index in [1.165, 1.54) is 5.57 Å². The molecule has 0 aliphatic carbocycles. The minimum Gasteiger partial charge on any atom is -0.461 e. The number of carbonyl (C=O) groups is 2. The first kappa shape index (κ1) is 28.7. The summed E-state index contributed by atoms with van der Waals surface area (Å²) in [5.41, 5.74) is 1.11. The summed E-state index contributed by atoms with van der Waals surface area (Å²) in [5.74, 6) is -0.911. The van der Waals surface area contributed by atoms with Gasteiger partial charge in [-0.3, -0.25) is 9.59 Å². The third-order valence-corrected chi connectivity index (χ3v) is 6.78. The van der Waals surface area contributed by atoms with Gasteiger partial charge in [0.1, 0.15) is 18.0 Å². The van der Waals surface area contributed by atoms with Gasteiger partial charge in [-0.2, -0.15) is 0 Å². The minimum atomic E-state index is -0.732. The van der Waals surface area contributed by atoms with Crippen LogP contribution in [0.1, 0.15) is 94.9 Å². The van der Waals surface area contributed by atoms with Gasteiger partial charge >= 0.3 is 5.97 Å². The first-order chi connectivity index (χ1) is 15.5. The summed E-state index contributed by atoms with van der Waals surface area (Å²) in [7, 11) is 0. The third-order valence-electron chi connectivity index (χ3n) is 6.78. The van der Waals surface area contributed by atoms with Gasteiger partial charge in [0.05, 0.1) is 23.7 Å². The second kappa shape index (κ2) is 11.0. The van der Waals surface area contributed by atoms with Crippen LogP contribution in [0, 0.1) is 11.3 Å². The molecule has 6 nitrogen and oxygen atoms in total. The number of ether oxygens (including phenoxy) is 4. The highest BCUT2D eigenvalue weighted by atomic mass is 16.8. The van der Waals surface area contributed by atoms with Crippen molar-refractivity contribution in [3.63, 3.8) is 0 Å². The first-order valence-electron chi connectivity index (χ1n) is 12.6. The molecule has 2 rings (SSSR count). The van der Waals surface area contributed by atoms with Gasteiger partial charge in [-0.1, -0.05) is 24.1 Å². The molecule has 0 aromatic carbocycles. The monoisotopic (exact) mass is 478 g/mol. The maximum Gasteiger partial charge on any atom is 0.311 e. The Morgan fingerprint density at radius 3 is 2.38 bits per heavy atom. The molecule has 2 fully saturated rings. The Morgan fingerprint density at radius 2 is 1.79 bits per heavy atom. The van der Waals surface area contributed by atoms with Crippen LogP contribution >= 0.6 is 0 Å². The Labute approximate surface area is 206 Å². The summed E-state index contributed by atoms with van der Waals surface area (Å²) >= 11 is 0. The summed E-state index contributed by atoms with van der Waals surface area (Å²) in [6.07, 6.45) is 5.87. The van der Waals surface area contributed by atoms with Crippen molar-refractivity contribution >= 4 is 11.8 Å². The molecule has 0 aromatic heterocycles. The van der Waals surface area contributed by atoms with Crippen LogP contribution in [0.15, 0.2) is 23.3 Å². The Bertz CT molecular complexity index is 798. The van der Waals surface area contributed by atoms with Crippen LogP contribution < -0.4 is 0 Å². The van der Waals surface area contributed by atoms with E-state index in [-0.39, 0.29) is 42.6 Å². The molecule has 0 spiro atoms. The van der Waals surface area contributed by atoms with Crippen molar-refractivity contribution in [3.05, 3.63) is 23.3 Å². The molecule has 0 bridgehead atoms. The van der Waals surface area contributed by atoms with Crippen LogP contribution in [0.3, 0.4) is 0 Å². The van der Waals surface area contributed by atoms with Crippen molar-refractivity contribution in [3.8, 4) is 0 Å². The zero-order chi connectivity index (χ0) is 25.9. The van der Waals surface area contributed by atoms with Crippen LogP contribution in [-0.4, -0.2) is 48.1 Å². The topological polar surface area (TPSA) is 71.1 Å². The lowest BCUT2D eigenvalue weighted by Crippen LogP contribution is -2.55. The normalized spacial score (nSPS) is 31.9. The highest BCUT2D eigenvalue weighted by Crippen LogP contribution is 2.44. The molecule has 0 aromatic rings. The van der Waals surface area contributed by atoms with Gasteiger partial charge in [0.15, 0.2) is 5.79 Å². The van der Waals surface area contributed by atoms with E-state index in [0.717, 1.165) is 18.4 Å². The molecule has 2 saturated heterocycles. The van der Waals surface area contributed by atoms with Crippen molar-refractivity contribution in [2.24, 2.45) is 11.3 Å². The van der Waals surface area contributed by atoms with Gasteiger partial charge in [0.25, 0.3) is 0 Å². The maximum absolute atomic E-state index is 13.0. The molecule has 0 unspecified atom stereocenters. The number of ketones is 1. The molecule has 2 heterocycles. The fourth-order valence-electron chi connectivity index (χ4n) is 4.53. The largest absolute Gasteiger partial charge is 0.461 e. The van der Waals surface area contributed by atoms with Crippen LogP contribution in [-0.2, 0) is 28.5 Å². The Balaban J connectivity index is 2.06. The number of esters is 1. The number of carbonyl (C=O) groups excluding carboxylic acids is 2. The molecule has 5 atom stereocenters. The first-order valence-corrected chi connectivity index (χ1v) is 12.6. The van der Waals surface area contributed by atoms with Gasteiger partial charge in [0, 0.05) is 12.3 Å². The average Bonchev–Trinajstić information content (AvgIpc) is 2.95. The molecular formula is C28H46O6. The molecule has 2 aliphatic rings. The van der Waals surface area contributed by atoms with Gasteiger partial charge in [0.2, 0.25) is 0 Å². The van der Waals surface area contributed by atoms with Crippen LogP contribution in [0.2, 0.25) is 0 Å². The maximum atomic E-state index is 13.0. The molecule has 6 heteroatoms. The number of rotatable bonds is 8. The predicted octanol–water partition coefficient (Wildman–Crippen LogP) is 5.93. The Hall–Kier alpha value is -1.50. The van der Waals surface area contributed by atoms with Crippen molar-refractivity contribution in [2.45, 2.75) is 125 Å². The van der Waals surface area contributed by atoms with Gasteiger partial charge in [-0.15, -0.1) is 0 Å². The number of Topliss-reactive ketones (excluding diaryl/α,β-unsaturated/α-hetero) is 1. The van der Waals surface area contributed by atoms with Crippen LogP contribution in [0.4, 0.5) is 0 Å². The SMILES string of the molecule is CC(C)=CC[C@@H]1OC(C)(C)O[C@]1(C)[C@H]1CC(=O)[C@H](C)[C@@H](CC/C(C)=C/COC(=O)C(C)(C)C)O1. The summed E-state index contributed by atoms with van der Waals surface area (Å²) in [4.78, 5) is 24.9. The Morgan fingerprint density at radius 1 is 1.15 bits per heavy atom. The lowest BCUT2D eigenvalue weighted by molar-refractivity contribution is -0.209. The van der Waals surface area contributed by atoms with Gasteiger partial charge < -0.3 is 18.9 Å². The predicted molar refractivity (Wildman–Crippen MR) is 133 cm³/mol. The Kier molecular flexibility index (Phi) is 9.34. The van der Waals surface area contributed by atoms with E-state index in [0.29, 0.717) is 12.8 Å². The van der Waals surface area contributed by atoms with Gasteiger partial charge in [-0.25, -0.2) is 0 Å². The average molecular weight is 479 g/mol. The third kappa shape index (κ3) is 7.50. The zero-order valence-corrected chi connectivity index (χ0v) is 22.9. The van der Waals surface area contributed by atoms with Gasteiger partial charge in [-0.05, 0) is 87.7 Å².